The second-order valence-corrected chi connectivity index (χ2v) is 7.42. The van der Waals surface area contributed by atoms with Crippen LogP contribution in [0.25, 0.3) is 0 Å². The Morgan fingerprint density at radius 1 is 1.04 bits per heavy atom. The number of hydrogen-bond acceptors (Lipinski definition) is 2. The molecule has 2 rings (SSSR count). The molecular weight excluding hydrogens is 338 g/mol. The fourth-order valence-corrected chi connectivity index (χ4v) is 3.46. The van der Waals surface area contributed by atoms with Crippen LogP contribution >= 0.6 is 0 Å². The van der Waals surface area contributed by atoms with Gasteiger partial charge in [-0.05, 0) is 31.9 Å². The van der Waals surface area contributed by atoms with Crippen molar-refractivity contribution in [3.63, 3.8) is 0 Å². The molecule has 1 unspecified atom stereocenters. The number of amides is 2. The summed E-state index contributed by atoms with van der Waals surface area (Å²) in [5.74, 6) is -0.121. The number of benzene rings is 2. The van der Waals surface area contributed by atoms with Crippen molar-refractivity contribution in [3.05, 3.63) is 64.7 Å². The average Bonchev–Trinajstić information content (AvgIpc) is 2.59. The summed E-state index contributed by atoms with van der Waals surface area (Å²) in [6.45, 7) is 6.23. The Morgan fingerprint density at radius 3 is 2.11 bits per heavy atom. The van der Waals surface area contributed by atoms with E-state index in [1.54, 1.807) is 19.0 Å². The van der Waals surface area contributed by atoms with Crippen LogP contribution < -0.4 is 10.2 Å². The molecule has 0 aliphatic heterocycles. The molecule has 0 aromatic heterocycles. The van der Waals surface area contributed by atoms with Crippen LogP contribution in [0.2, 0.25) is 0 Å². The molecule has 0 spiro atoms. The quantitative estimate of drug-likeness (QED) is 0.818. The predicted octanol–water partition coefficient (Wildman–Crippen LogP) is 1.89. The van der Waals surface area contributed by atoms with E-state index in [-0.39, 0.29) is 18.4 Å². The first-order valence-corrected chi connectivity index (χ1v) is 9.16. The third-order valence-corrected chi connectivity index (χ3v) is 4.69. The van der Waals surface area contributed by atoms with Crippen molar-refractivity contribution in [2.75, 3.05) is 33.0 Å². The first kappa shape index (κ1) is 20.6. The molecule has 0 bridgehead atoms. The van der Waals surface area contributed by atoms with Gasteiger partial charge in [-0.1, -0.05) is 48.0 Å². The van der Waals surface area contributed by atoms with Gasteiger partial charge in [0.2, 0.25) is 0 Å². The van der Waals surface area contributed by atoms with Crippen LogP contribution in [0.15, 0.2) is 42.5 Å². The fourth-order valence-electron chi connectivity index (χ4n) is 3.46. The van der Waals surface area contributed by atoms with Crippen molar-refractivity contribution in [2.24, 2.45) is 0 Å². The lowest BCUT2D eigenvalue weighted by molar-refractivity contribution is -0.894. The number of rotatable bonds is 6. The standard InChI is InChI=1S/C22H29N3O2/c1-15-12-16(2)20(17(3)13-15)23-19(26)14-25(6)21(22(27)24(4)5)18-10-8-7-9-11-18/h7-13,21H,14H2,1-6H3,(H,23,26)/p+1/t21-/m1/s1. The first-order chi connectivity index (χ1) is 12.7. The van der Waals surface area contributed by atoms with Gasteiger partial charge in [-0.2, -0.15) is 0 Å². The Morgan fingerprint density at radius 2 is 1.59 bits per heavy atom. The van der Waals surface area contributed by atoms with Gasteiger partial charge < -0.3 is 15.1 Å². The highest BCUT2D eigenvalue weighted by Gasteiger charge is 2.31. The van der Waals surface area contributed by atoms with E-state index in [4.69, 9.17) is 0 Å². The van der Waals surface area contributed by atoms with Gasteiger partial charge in [-0.3, -0.25) is 9.59 Å². The van der Waals surface area contributed by atoms with Gasteiger partial charge in [-0.15, -0.1) is 0 Å². The van der Waals surface area contributed by atoms with Crippen molar-refractivity contribution in [1.29, 1.82) is 0 Å². The summed E-state index contributed by atoms with van der Waals surface area (Å²) < 4.78 is 0. The van der Waals surface area contributed by atoms with Crippen LogP contribution in [-0.4, -0.2) is 44.4 Å². The smallest absolute Gasteiger partial charge is 0.285 e. The Hall–Kier alpha value is -2.66. The Labute approximate surface area is 162 Å². The number of carbonyl (C=O) groups excluding carboxylic acids is 2. The Kier molecular flexibility index (Phi) is 6.75. The zero-order valence-corrected chi connectivity index (χ0v) is 17.1. The highest BCUT2D eigenvalue weighted by atomic mass is 16.2. The molecule has 5 heteroatoms. The molecule has 0 saturated carbocycles. The molecule has 5 nitrogen and oxygen atoms in total. The summed E-state index contributed by atoms with van der Waals surface area (Å²) >= 11 is 0. The maximum atomic E-state index is 12.7. The zero-order chi connectivity index (χ0) is 20.1. The number of aryl methyl sites for hydroxylation is 3. The lowest BCUT2D eigenvalue weighted by Gasteiger charge is -2.26. The highest BCUT2D eigenvalue weighted by molar-refractivity contribution is 5.93. The molecule has 0 saturated heterocycles. The maximum absolute atomic E-state index is 12.7. The second-order valence-electron chi connectivity index (χ2n) is 7.42. The molecule has 0 aliphatic rings. The van der Waals surface area contributed by atoms with Gasteiger partial charge in [0, 0.05) is 25.3 Å². The van der Waals surface area contributed by atoms with Crippen LogP contribution in [0.3, 0.4) is 0 Å². The lowest BCUT2D eigenvalue weighted by atomic mass is 10.0. The van der Waals surface area contributed by atoms with Crippen molar-refractivity contribution >= 4 is 17.5 Å². The number of hydrogen-bond donors (Lipinski definition) is 2. The lowest BCUT2D eigenvalue weighted by Crippen LogP contribution is -3.11. The van der Waals surface area contributed by atoms with Crippen LogP contribution in [0.4, 0.5) is 5.69 Å². The largest absolute Gasteiger partial charge is 0.343 e. The van der Waals surface area contributed by atoms with E-state index in [1.165, 1.54) is 5.56 Å². The van der Waals surface area contributed by atoms with E-state index in [0.717, 1.165) is 27.3 Å². The molecule has 2 N–H and O–H groups in total. The molecule has 0 heterocycles. The van der Waals surface area contributed by atoms with Gasteiger partial charge in [0.15, 0.2) is 12.6 Å². The van der Waals surface area contributed by atoms with Crippen LogP contribution in [0.5, 0.6) is 0 Å². The van der Waals surface area contributed by atoms with Crippen molar-refractivity contribution in [1.82, 2.24) is 4.90 Å². The molecule has 0 fully saturated rings. The van der Waals surface area contributed by atoms with Gasteiger partial charge >= 0.3 is 0 Å². The number of nitrogens with zero attached hydrogens (tertiary/aromatic N) is 1. The summed E-state index contributed by atoms with van der Waals surface area (Å²) in [7, 11) is 5.36. The van der Waals surface area contributed by atoms with Gasteiger partial charge in [0.1, 0.15) is 0 Å². The maximum Gasteiger partial charge on any atom is 0.285 e. The predicted molar refractivity (Wildman–Crippen MR) is 109 cm³/mol. The summed E-state index contributed by atoms with van der Waals surface area (Å²) in [5, 5.41) is 3.03. The number of quaternary nitrogens is 1. The molecular formula is C22H30N3O2+. The average molecular weight is 369 g/mol. The van der Waals surface area contributed by atoms with E-state index in [9.17, 15) is 9.59 Å². The SMILES string of the molecule is Cc1cc(C)c(NC(=O)C[NH+](C)[C@@H](C(=O)N(C)C)c2ccccc2)c(C)c1. The minimum Gasteiger partial charge on any atom is -0.343 e. The molecule has 27 heavy (non-hydrogen) atoms. The van der Waals surface area contributed by atoms with Gasteiger partial charge in [0.25, 0.3) is 11.8 Å². The van der Waals surface area contributed by atoms with Gasteiger partial charge in [-0.25, -0.2) is 0 Å². The Bertz CT molecular complexity index is 793. The van der Waals surface area contributed by atoms with Crippen LogP contribution in [0.1, 0.15) is 28.3 Å². The van der Waals surface area contributed by atoms with Crippen LogP contribution in [0, 0.1) is 20.8 Å². The van der Waals surface area contributed by atoms with Gasteiger partial charge in [0.05, 0.1) is 7.05 Å². The number of nitrogens with one attached hydrogen (secondary N) is 2. The molecule has 0 aliphatic carbocycles. The minimum atomic E-state index is -0.424. The molecule has 2 amide bonds. The molecule has 2 aromatic carbocycles. The summed E-state index contributed by atoms with van der Waals surface area (Å²) in [5.41, 5.74) is 5.02. The van der Waals surface area contributed by atoms with Crippen molar-refractivity contribution in [3.8, 4) is 0 Å². The third-order valence-electron chi connectivity index (χ3n) is 4.69. The minimum absolute atomic E-state index is 0.0193. The van der Waals surface area contributed by atoms with E-state index >= 15 is 0 Å². The zero-order valence-electron chi connectivity index (χ0n) is 17.1. The van der Waals surface area contributed by atoms with E-state index in [0.29, 0.717) is 0 Å². The summed E-state index contributed by atoms with van der Waals surface area (Å²) in [6, 6.07) is 13.3. The first-order valence-electron chi connectivity index (χ1n) is 9.16. The topological polar surface area (TPSA) is 53.9 Å². The summed E-state index contributed by atoms with van der Waals surface area (Å²) in [6.07, 6.45) is 0. The molecule has 0 radical (unpaired) electrons. The Balaban J connectivity index is 2.18. The second kappa shape index (κ2) is 8.82. The fraction of sp³-hybridized carbons (Fsp3) is 0.364. The highest BCUT2D eigenvalue weighted by Crippen LogP contribution is 2.21. The van der Waals surface area contributed by atoms with Crippen molar-refractivity contribution < 1.29 is 14.5 Å². The van der Waals surface area contributed by atoms with Crippen molar-refractivity contribution in [2.45, 2.75) is 26.8 Å². The number of likely N-dealkylation sites (N-methyl/N-ethyl adjacent to an activating group) is 2. The van der Waals surface area contributed by atoms with Crippen LogP contribution in [-0.2, 0) is 9.59 Å². The third kappa shape index (κ3) is 5.17. The van der Waals surface area contributed by atoms with E-state index in [2.05, 4.69) is 17.4 Å². The molecule has 2 aromatic rings. The molecule has 144 valence electrons. The number of carbonyl (C=O) groups is 2. The number of anilines is 1. The monoisotopic (exact) mass is 368 g/mol. The molecule has 2 atom stereocenters. The van der Waals surface area contributed by atoms with E-state index in [1.807, 2.05) is 58.2 Å². The van der Waals surface area contributed by atoms with E-state index < -0.39 is 6.04 Å². The normalized spacial score (nSPS) is 13.0. The summed E-state index contributed by atoms with van der Waals surface area (Å²) in [4.78, 5) is 27.8.